The summed E-state index contributed by atoms with van der Waals surface area (Å²) >= 11 is 0. The van der Waals surface area contributed by atoms with Gasteiger partial charge in [0.1, 0.15) is 5.75 Å². The molecule has 0 radical (unpaired) electrons. The van der Waals surface area contributed by atoms with Gasteiger partial charge in [-0.3, -0.25) is 0 Å². The summed E-state index contributed by atoms with van der Waals surface area (Å²) in [6.07, 6.45) is 2.77. The lowest BCUT2D eigenvalue weighted by molar-refractivity contribution is 0.318. The van der Waals surface area contributed by atoms with E-state index in [1.165, 1.54) is 0 Å². The van der Waals surface area contributed by atoms with Gasteiger partial charge in [-0.05, 0) is 24.6 Å². The largest absolute Gasteiger partial charge is 0.493 e. The molecular weight excluding hydrogens is 272 g/mol. The number of ether oxygens (including phenoxy) is 1. The average Bonchev–Trinajstić information content (AvgIpc) is 2.61. The van der Waals surface area contributed by atoms with Crippen molar-refractivity contribution in [2.24, 2.45) is 0 Å². The fraction of sp³-hybridized carbons (Fsp3) is 0.158. The van der Waals surface area contributed by atoms with Gasteiger partial charge in [0.05, 0.1) is 12.3 Å². The second kappa shape index (κ2) is 6.85. The molecule has 0 amide bonds. The lowest BCUT2D eigenvalue weighted by Gasteiger charge is -2.11. The van der Waals surface area contributed by atoms with Crippen LogP contribution < -0.4 is 4.74 Å². The first kappa shape index (κ1) is 14.3. The Morgan fingerprint density at radius 1 is 0.909 bits per heavy atom. The highest BCUT2D eigenvalue weighted by atomic mass is 16.5. The molecule has 0 aliphatic carbocycles. The number of nitrogens with zero attached hydrogens (tertiary/aromatic N) is 2. The molecule has 0 saturated carbocycles. The molecule has 0 bridgehead atoms. The fourth-order valence-corrected chi connectivity index (χ4v) is 2.25. The van der Waals surface area contributed by atoms with Crippen molar-refractivity contribution in [1.29, 1.82) is 0 Å². The van der Waals surface area contributed by atoms with E-state index in [9.17, 15) is 0 Å². The smallest absolute Gasteiger partial charge is 0.159 e. The van der Waals surface area contributed by atoms with Crippen LogP contribution in [0, 0.1) is 0 Å². The zero-order valence-corrected chi connectivity index (χ0v) is 12.6. The molecule has 2 aromatic carbocycles. The van der Waals surface area contributed by atoms with Crippen molar-refractivity contribution in [3.63, 3.8) is 0 Å². The molecule has 0 aliphatic heterocycles. The molecule has 3 rings (SSSR count). The molecule has 22 heavy (non-hydrogen) atoms. The Hall–Kier alpha value is -2.68. The van der Waals surface area contributed by atoms with Crippen LogP contribution >= 0.6 is 0 Å². The first-order chi connectivity index (χ1) is 10.9. The molecule has 0 saturated heterocycles. The molecule has 0 aliphatic rings. The van der Waals surface area contributed by atoms with Crippen molar-refractivity contribution in [3.05, 3.63) is 66.9 Å². The normalized spacial score (nSPS) is 10.4. The molecule has 3 aromatic rings. The van der Waals surface area contributed by atoms with Crippen molar-refractivity contribution in [3.8, 4) is 28.4 Å². The summed E-state index contributed by atoms with van der Waals surface area (Å²) in [5.41, 5.74) is 2.88. The standard InChI is InChI=1S/C19H18N2O/c1-2-14-22-18-11-7-6-10-16(18)17-12-13-20-19(21-17)15-8-4-3-5-9-15/h3-13H,2,14H2,1H3. The fourth-order valence-electron chi connectivity index (χ4n) is 2.25. The highest BCUT2D eigenvalue weighted by Gasteiger charge is 2.09. The number of benzene rings is 2. The summed E-state index contributed by atoms with van der Waals surface area (Å²) in [5, 5.41) is 0. The van der Waals surface area contributed by atoms with Gasteiger partial charge in [0.25, 0.3) is 0 Å². The van der Waals surface area contributed by atoms with Crippen LogP contribution in [0.4, 0.5) is 0 Å². The SMILES string of the molecule is CCCOc1ccccc1-c1ccnc(-c2ccccc2)n1. The van der Waals surface area contributed by atoms with Crippen LogP contribution in [-0.2, 0) is 0 Å². The molecule has 0 N–H and O–H groups in total. The van der Waals surface area contributed by atoms with E-state index in [-0.39, 0.29) is 0 Å². The summed E-state index contributed by atoms with van der Waals surface area (Å²) < 4.78 is 5.83. The molecule has 0 fully saturated rings. The van der Waals surface area contributed by atoms with E-state index in [0.717, 1.165) is 34.8 Å². The van der Waals surface area contributed by atoms with Gasteiger partial charge in [-0.1, -0.05) is 49.4 Å². The molecule has 0 atom stereocenters. The third-order valence-corrected chi connectivity index (χ3v) is 3.31. The predicted octanol–water partition coefficient (Wildman–Crippen LogP) is 4.60. The van der Waals surface area contributed by atoms with E-state index in [1.807, 2.05) is 60.7 Å². The maximum absolute atomic E-state index is 5.83. The van der Waals surface area contributed by atoms with Gasteiger partial charge < -0.3 is 4.74 Å². The van der Waals surface area contributed by atoms with Crippen LogP contribution in [0.1, 0.15) is 13.3 Å². The molecule has 1 heterocycles. The van der Waals surface area contributed by atoms with Gasteiger partial charge in [-0.25, -0.2) is 9.97 Å². The van der Waals surface area contributed by atoms with Crippen molar-refractivity contribution < 1.29 is 4.74 Å². The topological polar surface area (TPSA) is 35.0 Å². The van der Waals surface area contributed by atoms with Crippen molar-refractivity contribution >= 4 is 0 Å². The lowest BCUT2D eigenvalue weighted by atomic mass is 10.1. The summed E-state index contributed by atoms with van der Waals surface area (Å²) in [4.78, 5) is 9.07. The molecule has 110 valence electrons. The molecule has 0 spiro atoms. The number of hydrogen-bond donors (Lipinski definition) is 0. The van der Waals surface area contributed by atoms with Crippen LogP contribution in [0.15, 0.2) is 66.9 Å². The van der Waals surface area contributed by atoms with Gasteiger partial charge in [0.15, 0.2) is 5.82 Å². The Bertz CT molecular complexity index is 741. The monoisotopic (exact) mass is 290 g/mol. The van der Waals surface area contributed by atoms with E-state index < -0.39 is 0 Å². The molecular formula is C19H18N2O. The zero-order chi connectivity index (χ0) is 15.2. The van der Waals surface area contributed by atoms with Gasteiger partial charge in [0, 0.05) is 17.3 Å². The third-order valence-electron chi connectivity index (χ3n) is 3.31. The Morgan fingerprint density at radius 2 is 1.68 bits per heavy atom. The summed E-state index contributed by atoms with van der Waals surface area (Å²) in [6, 6.07) is 19.9. The maximum Gasteiger partial charge on any atom is 0.159 e. The van der Waals surface area contributed by atoms with Gasteiger partial charge in [-0.15, -0.1) is 0 Å². The van der Waals surface area contributed by atoms with E-state index in [0.29, 0.717) is 6.61 Å². The minimum Gasteiger partial charge on any atom is -0.493 e. The Kier molecular flexibility index (Phi) is 4.44. The Labute approximate surface area is 130 Å². The highest BCUT2D eigenvalue weighted by Crippen LogP contribution is 2.29. The first-order valence-electron chi connectivity index (χ1n) is 7.49. The second-order valence-corrected chi connectivity index (χ2v) is 4.98. The van der Waals surface area contributed by atoms with E-state index in [4.69, 9.17) is 9.72 Å². The molecule has 3 heteroatoms. The Balaban J connectivity index is 1.99. The first-order valence-corrected chi connectivity index (χ1v) is 7.49. The van der Waals surface area contributed by atoms with Crippen LogP contribution in [0.5, 0.6) is 5.75 Å². The lowest BCUT2D eigenvalue weighted by Crippen LogP contribution is -1.98. The molecule has 0 unspecified atom stereocenters. The molecule has 3 nitrogen and oxygen atoms in total. The van der Waals surface area contributed by atoms with Gasteiger partial charge >= 0.3 is 0 Å². The number of para-hydroxylation sites is 1. The van der Waals surface area contributed by atoms with Crippen molar-refractivity contribution in [2.75, 3.05) is 6.61 Å². The van der Waals surface area contributed by atoms with Gasteiger partial charge in [-0.2, -0.15) is 0 Å². The number of hydrogen-bond acceptors (Lipinski definition) is 3. The van der Waals surface area contributed by atoms with Crippen molar-refractivity contribution in [2.45, 2.75) is 13.3 Å². The molecule has 1 aromatic heterocycles. The van der Waals surface area contributed by atoms with E-state index >= 15 is 0 Å². The zero-order valence-electron chi connectivity index (χ0n) is 12.6. The Morgan fingerprint density at radius 3 is 2.50 bits per heavy atom. The van der Waals surface area contributed by atoms with E-state index in [1.54, 1.807) is 6.20 Å². The number of aromatic nitrogens is 2. The van der Waals surface area contributed by atoms with Crippen LogP contribution in [0.3, 0.4) is 0 Å². The predicted molar refractivity (Wildman–Crippen MR) is 88.7 cm³/mol. The van der Waals surface area contributed by atoms with Crippen LogP contribution in [-0.4, -0.2) is 16.6 Å². The summed E-state index contributed by atoms with van der Waals surface area (Å²) in [5.74, 6) is 1.59. The summed E-state index contributed by atoms with van der Waals surface area (Å²) in [6.45, 7) is 2.80. The minimum absolute atomic E-state index is 0.702. The second-order valence-electron chi connectivity index (χ2n) is 4.98. The highest BCUT2D eigenvalue weighted by molar-refractivity contribution is 5.69. The van der Waals surface area contributed by atoms with Crippen LogP contribution in [0.25, 0.3) is 22.6 Å². The number of rotatable bonds is 5. The van der Waals surface area contributed by atoms with Crippen LogP contribution in [0.2, 0.25) is 0 Å². The maximum atomic E-state index is 5.83. The summed E-state index contributed by atoms with van der Waals surface area (Å²) in [7, 11) is 0. The minimum atomic E-state index is 0.702. The third kappa shape index (κ3) is 3.14. The average molecular weight is 290 g/mol. The van der Waals surface area contributed by atoms with Gasteiger partial charge in [0.2, 0.25) is 0 Å². The quantitative estimate of drug-likeness (QED) is 0.689. The van der Waals surface area contributed by atoms with E-state index in [2.05, 4.69) is 11.9 Å². The van der Waals surface area contributed by atoms with Crippen molar-refractivity contribution in [1.82, 2.24) is 9.97 Å².